The zero-order valence-corrected chi connectivity index (χ0v) is 11.4. The average Bonchev–Trinajstić information content (AvgIpc) is 2.34. The molecule has 5 heteroatoms. The molecule has 0 N–H and O–H groups in total. The van der Waals surface area contributed by atoms with Crippen LogP contribution in [-0.4, -0.2) is 4.98 Å². The van der Waals surface area contributed by atoms with Crippen molar-refractivity contribution in [1.82, 2.24) is 4.98 Å². The third-order valence-corrected chi connectivity index (χ3v) is 3.40. The molecule has 2 aromatic rings. The van der Waals surface area contributed by atoms with Crippen LogP contribution in [0.5, 0.6) is 0 Å². The SMILES string of the molecule is N#CCc1cncc(-c2cc(Cl)cc(Cl)c2Cl)c1. The summed E-state index contributed by atoms with van der Waals surface area (Å²) in [6.45, 7) is 0. The maximum atomic E-state index is 8.68. The molecule has 2 rings (SSSR count). The first kappa shape index (κ1) is 13.2. The van der Waals surface area contributed by atoms with Crippen molar-refractivity contribution in [2.45, 2.75) is 6.42 Å². The maximum absolute atomic E-state index is 8.68. The zero-order chi connectivity index (χ0) is 13.1. The fourth-order valence-corrected chi connectivity index (χ4v) is 2.30. The quantitative estimate of drug-likeness (QED) is 0.748. The van der Waals surface area contributed by atoms with E-state index in [9.17, 15) is 0 Å². The highest BCUT2D eigenvalue weighted by Crippen LogP contribution is 2.36. The smallest absolute Gasteiger partial charge is 0.0672 e. The molecule has 2 nitrogen and oxygen atoms in total. The predicted octanol–water partition coefficient (Wildman–Crippen LogP) is 4.77. The van der Waals surface area contributed by atoms with Crippen molar-refractivity contribution in [2.75, 3.05) is 0 Å². The van der Waals surface area contributed by atoms with Crippen molar-refractivity contribution in [1.29, 1.82) is 5.26 Å². The summed E-state index contributed by atoms with van der Waals surface area (Å²) in [5, 5.41) is 10.0. The van der Waals surface area contributed by atoms with Crippen LogP contribution in [0.1, 0.15) is 5.56 Å². The van der Waals surface area contributed by atoms with Gasteiger partial charge in [0, 0.05) is 28.5 Å². The molecule has 0 aliphatic carbocycles. The van der Waals surface area contributed by atoms with Gasteiger partial charge in [-0.15, -0.1) is 0 Å². The van der Waals surface area contributed by atoms with Gasteiger partial charge in [-0.2, -0.15) is 5.26 Å². The molecule has 1 heterocycles. The monoisotopic (exact) mass is 296 g/mol. The van der Waals surface area contributed by atoms with E-state index in [4.69, 9.17) is 40.1 Å². The van der Waals surface area contributed by atoms with Crippen LogP contribution in [0.2, 0.25) is 15.1 Å². The molecule has 1 aromatic heterocycles. The van der Waals surface area contributed by atoms with Crippen LogP contribution >= 0.6 is 34.8 Å². The molecule has 18 heavy (non-hydrogen) atoms. The molecule has 90 valence electrons. The number of hydrogen-bond acceptors (Lipinski definition) is 2. The molecule has 0 atom stereocenters. The number of aromatic nitrogens is 1. The topological polar surface area (TPSA) is 36.7 Å². The highest BCUT2D eigenvalue weighted by molar-refractivity contribution is 6.45. The maximum Gasteiger partial charge on any atom is 0.0672 e. The Balaban J connectivity index is 2.55. The van der Waals surface area contributed by atoms with Gasteiger partial charge < -0.3 is 0 Å². The van der Waals surface area contributed by atoms with E-state index in [1.54, 1.807) is 24.5 Å². The Labute approximate surface area is 120 Å². The number of rotatable bonds is 2. The second-order valence-electron chi connectivity index (χ2n) is 3.67. The van der Waals surface area contributed by atoms with E-state index < -0.39 is 0 Å². The molecule has 0 radical (unpaired) electrons. The Hall–Kier alpha value is -1.27. The largest absolute Gasteiger partial charge is 0.264 e. The van der Waals surface area contributed by atoms with E-state index in [0.717, 1.165) is 11.1 Å². The average molecular weight is 298 g/mol. The summed E-state index contributed by atoms with van der Waals surface area (Å²) >= 11 is 18.1. The van der Waals surface area contributed by atoms with Crippen molar-refractivity contribution in [3.05, 3.63) is 51.2 Å². The zero-order valence-electron chi connectivity index (χ0n) is 9.12. The van der Waals surface area contributed by atoms with E-state index in [2.05, 4.69) is 11.1 Å². The fraction of sp³-hybridized carbons (Fsp3) is 0.0769. The van der Waals surface area contributed by atoms with Gasteiger partial charge in [0.15, 0.2) is 0 Å². The Morgan fingerprint density at radius 1 is 1.11 bits per heavy atom. The molecule has 0 saturated heterocycles. The summed E-state index contributed by atoms with van der Waals surface area (Å²) in [6, 6.07) is 7.24. The number of hydrogen-bond donors (Lipinski definition) is 0. The number of halogens is 3. The van der Waals surface area contributed by atoms with Crippen LogP contribution in [-0.2, 0) is 6.42 Å². The molecule has 1 aromatic carbocycles. The number of nitriles is 1. The lowest BCUT2D eigenvalue weighted by molar-refractivity contribution is 1.19. The number of benzene rings is 1. The highest BCUT2D eigenvalue weighted by atomic mass is 35.5. The molecule has 0 aliphatic heterocycles. The molecule has 0 spiro atoms. The Morgan fingerprint density at radius 2 is 1.89 bits per heavy atom. The Morgan fingerprint density at radius 3 is 2.61 bits per heavy atom. The van der Waals surface area contributed by atoms with Gasteiger partial charge in [-0.25, -0.2) is 0 Å². The molecule has 0 bridgehead atoms. The summed E-state index contributed by atoms with van der Waals surface area (Å²) in [4.78, 5) is 4.08. The van der Waals surface area contributed by atoms with Crippen LogP contribution in [0.3, 0.4) is 0 Å². The van der Waals surface area contributed by atoms with Gasteiger partial charge in [0.2, 0.25) is 0 Å². The van der Waals surface area contributed by atoms with Crippen molar-refractivity contribution < 1.29 is 0 Å². The summed E-state index contributed by atoms with van der Waals surface area (Å²) < 4.78 is 0. The highest BCUT2D eigenvalue weighted by Gasteiger charge is 2.10. The molecular weight excluding hydrogens is 291 g/mol. The van der Waals surface area contributed by atoms with Crippen LogP contribution in [0, 0.1) is 11.3 Å². The summed E-state index contributed by atoms with van der Waals surface area (Å²) in [5.41, 5.74) is 2.32. The lowest BCUT2D eigenvalue weighted by Crippen LogP contribution is -1.88. The van der Waals surface area contributed by atoms with E-state index >= 15 is 0 Å². The second kappa shape index (κ2) is 5.58. The van der Waals surface area contributed by atoms with Crippen LogP contribution in [0.25, 0.3) is 11.1 Å². The van der Waals surface area contributed by atoms with Crippen LogP contribution in [0.15, 0.2) is 30.6 Å². The van der Waals surface area contributed by atoms with E-state index in [1.165, 1.54) is 0 Å². The van der Waals surface area contributed by atoms with Gasteiger partial charge >= 0.3 is 0 Å². The van der Waals surface area contributed by atoms with Gasteiger partial charge in [0.05, 0.1) is 22.5 Å². The van der Waals surface area contributed by atoms with Gasteiger partial charge in [-0.3, -0.25) is 4.98 Å². The molecule has 0 aliphatic rings. The first-order valence-corrected chi connectivity index (χ1v) is 6.21. The molecule has 0 saturated carbocycles. The van der Waals surface area contributed by atoms with Crippen molar-refractivity contribution in [3.8, 4) is 17.2 Å². The lowest BCUT2D eigenvalue weighted by atomic mass is 10.1. The minimum Gasteiger partial charge on any atom is -0.264 e. The molecular formula is C13H7Cl3N2. The van der Waals surface area contributed by atoms with Gasteiger partial charge in [-0.1, -0.05) is 34.8 Å². The van der Waals surface area contributed by atoms with Crippen molar-refractivity contribution in [2.24, 2.45) is 0 Å². The van der Waals surface area contributed by atoms with Gasteiger partial charge in [-0.05, 0) is 23.8 Å². The van der Waals surface area contributed by atoms with Gasteiger partial charge in [0.1, 0.15) is 0 Å². The lowest BCUT2D eigenvalue weighted by Gasteiger charge is -2.07. The summed E-state index contributed by atoms with van der Waals surface area (Å²) in [5.74, 6) is 0. The van der Waals surface area contributed by atoms with Crippen molar-refractivity contribution in [3.63, 3.8) is 0 Å². The number of nitrogens with zero attached hydrogens (tertiary/aromatic N) is 2. The third kappa shape index (κ3) is 2.76. The fourth-order valence-electron chi connectivity index (χ4n) is 1.59. The molecule has 0 fully saturated rings. The Kier molecular flexibility index (Phi) is 4.08. The minimum absolute atomic E-state index is 0.298. The molecule has 0 unspecified atom stereocenters. The first-order valence-electron chi connectivity index (χ1n) is 5.07. The summed E-state index contributed by atoms with van der Waals surface area (Å²) in [6.07, 6.45) is 3.61. The molecule has 0 amide bonds. The van der Waals surface area contributed by atoms with Gasteiger partial charge in [0.25, 0.3) is 0 Å². The summed E-state index contributed by atoms with van der Waals surface area (Å²) in [7, 11) is 0. The normalized spacial score (nSPS) is 10.1. The van der Waals surface area contributed by atoms with E-state index in [1.807, 2.05) is 6.07 Å². The first-order chi connectivity index (χ1) is 8.61. The van der Waals surface area contributed by atoms with E-state index in [0.29, 0.717) is 27.1 Å². The third-order valence-electron chi connectivity index (χ3n) is 2.38. The van der Waals surface area contributed by atoms with E-state index in [-0.39, 0.29) is 0 Å². The Bertz CT molecular complexity index is 633. The van der Waals surface area contributed by atoms with Crippen LogP contribution in [0.4, 0.5) is 0 Å². The minimum atomic E-state index is 0.298. The predicted molar refractivity (Wildman–Crippen MR) is 74.0 cm³/mol. The van der Waals surface area contributed by atoms with Crippen LogP contribution < -0.4 is 0 Å². The number of pyridine rings is 1. The standard InChI is InChI=1S/C13H7Cl3N2/c14-10-4-11(13(16)12(15)5-10)9-3-8(1-2-17)6-18-7-9/h3-7H,1H2. The second-order valence-corrected chi connectivity index (χ2v) is 4.89. The van der Waals surface area contributed by atoms with Crippen molar-refractivity contribution >= 4 is 34.8 Å².